The van der Waals surface area contributed by atoms with Crippen LogP contribution in [0.1, 0.15) is 36.2 Å². The number of anilines is 1. The van der Waals surface area contributed by atoms with E-state index in [2.05, 4.69) is 5.32 Å². The molecule has 2 rings (SSSR count). The molecule has 1 aromatic rings. The lowest BCUT2D eigenvalue weighted by Crippen LogP contribution is -2.00. The predicted molar refractivity (Wildman–Crippen MR) is 56.1 cm³/mol. The molecule has 0 atom stereocenters. The Morgan fingerprint density at radius 3 is 2.93 bits per heavy atom. The van der Waals surface area contributed by atoms with Gasteiger partial charge in [-0.25, -0.2) is 4.79 Å². The van der Waals surface area contributed by atoms with E-state index >= 15 is 0 Å². The maximum absolute atomic E-state index is 10.5. The number of carboxylic acids is 1. The molecule has 0 aliphatic heterocycles. The van der Waals surface area contributed by atoms with Gasteiger partial charge in [-0.05, 0) is 24.8 Å². The van der Waals surface area contributed by atoms with Gasteiger partial charge in [-0.2, -0.15) is 0 Å². The molecule has 82 valence electrons. The highest BCUT2D eigenvalue weighted by Crippen LogP contribution is 2.33. The van der Waals surface area contributed by atoms with E-state index < -0.39 is 5.97 Å². The molecule has 1 fully saturated rings. The van der Waals surface area contributed by atoms with Gasteiger partial charge in [0, 0.05) is 12.6 Å². The zero-order valence-electron chi connectivity index (χ0n) is 8.53. The van der Waals surface area contributed by atoms with Crippen molar-refractivity contribution in [3.05, 3.63) is 17.9 Å². The summed E-state index contributed by atoms with van der Waals surface area (Å²) in [5, 5.41) is 11.7. The van der Waals surface area contributed by atoms with Crippen LogP contribution in [0.15, 0.2) is 16.5 Å². The van der Waals surface area contributed by atoms with E-state index in [0.29, 0.717) is 5.88 Å². The average molecular weight is 209 g/mol. The molecule has 0 aromatic carbocycles. The second kappa shape index (κ2) is 4.38. The number of hydrogen-bond acceptors (Lipinski definition) is 3. The lowest BCUT2D eigenvalue weighted by atomic mass is 10.2. The van der Waals surface area contributed by atoms with Gasteiger partial charge in [0.2, 0.25) is 5.76 Å². The second-order valence-electron chi connectivity index (χ2n) is 3.98. The number of furan rings is 1. The fourth-order valence-electron chi connectivity index (χ4n) is 1.56. The second-order valence-corrected chi connectivity index (χ2v) is 3.98. The molecule has 1 aliphatic carbocycles. The summed E-state index contributed by atoms with van der Waals surface area (Å²) in [4.78, 5) is 10.5. The van der Waals surface area contributed by atoms with Crippen molar-refractivity contribution >= 4 is 11.9 Å². The Kier molecular flexibility index (Phi) is 2.94. The van der Waals surface area contributed by atoms with Gasteiger partial charge >= 0.3 is 5.97 Å². The molecular formula is C11H15NO3. The van der Waals surface area contributed by atoms with E-state index in [9.17, 15) is 4.79 Å². The molecule has 0 unspecified atom stereocenters. The first-order chi connectivity index (χ1) is 7.25. The van der Waals surface area contributed by atoms with Gasteiger partial charge in [0.05, 0.1) is 0 Å². The summed E-state index contributed by atoms with van der Waals surface area (Å²) in [6.45, 7) is 0.850. The summed E-state index contributed by atoms with van der Waals surface area (Å²) in [6.07, 6.45) is 5.14. The van der Waals surface area contributed by atoms with Crippen molar-refractivity contribution in [1.29, 1.82) is 0 Å². The highest BCUT2D eigenvalue weighted by Gasteiger charge is 2.20. The predicted octanol–water partition coefficient (Wildman–Crippen LogP) is 2.58. The highest BCUT2D eigenvalue weighted by molar-refractivity contribution is 5.84. The number of carbonyl (C=O) groups is 1. The number of hydrogen-bond donors (Lipinski definition) is 2. The molecule has 0 radical (unpaired) electrons. The standard InChI is InChI=1S/C11H15NO3/c13-11(14)9-5-6-10(15-9)12-7-1-2-8-3-4-8/h5-6,8,12H,1-4,7H2,(H,13,14). The Morgan fingerprint density at radius 2 is 2.33 bits per heavy atom. The summed E-state index contributed by atoms with van der Waals surface area (Å²) in [7, 11) is 0. The van der Waals surface area contributed by atoms with Crippen molar-refractivity contribution in [2.45, 2.75) is 25.7 Å². The van der Waals surface area contributed by atoms with Crippen LogP contribution in [0.2, 0.25) is 0 Å². The van der Waals surface area contributed by atoms with Crippen LogP contribution in [0.3, 0.4) is 0 Å². The molecule has 4 heteroatoms. The van der Waals surface area contributed by atoms with Gasteiger partial charge in [0.25, 0.3) is 0 Å². The van der Waals surface area contributed by atoms with Crippen LogP contribution in [0.4, 0.5) is 5.88 Å². The number of carboxylic acid groups (broad SMARTS) is 1. The molecule has 1 aromatic heterocycles. The topological polar surface area (TPSA) is 62.5 Å². The Morgan fingerprint density at radius 1 is 1.53 bits per heavy atom. The van der Waals surface area contributed by atoms with Crippen LogP contribution in [-0.2, 0) is 0 Å². The quantitative estimate of drug-likeness (QED) is 0.707. The summed E-state index contributed by atoms with van der Waals surface area (Å²) in [6, 6.07) is 3.12. The zero-order valence-corrected chi connectivity index (χ0v) is 8.53. The van der Waals surface area contributed by atoms with Crippen molar-refractivity contribution in [2.24, 2.45) is 5.92 Å². The molecule has 0 amide bonds. The Labute approximate surface area is 88.3 Å². The van der Waals surface area contributed by atoms with Crippen LogP contribution in [0, 0.1) is 5.92 Å². The van der Waals surface area contributed by atoms with Gasteiger partial charge in [-0.15, -0.1) is 0 Å². The van der Waals surface area contributed by atoms with Crippen molar-refractivity contribution in [1.82, 2.24) is 0 Å². The minimum atomic E-state index is -1.03. The average Bonchev–Trinajstić information content (AvgIpc) is 2.90. The van der Waals surface area contributed by atoms with E-state index in [1.54, 1.807) is 6.07 Å². The Hall–Kier alpha value is -1.45. The van der Waals surface area contributed by atoms with Crippen molar-refractivity contribution in [3.63, 3.8) is 0 Å². The third-order valence-electron chi connectivity index (χ3n) is 2.60. The number of rotatable bonds is 6. The lowest BCUT2D eigenvalue weighted by molar-refractivity contribution is 0.0663. The van der Waals surface area contributed by atoms with Gasteiger partial charge in [0.15, 0.2) is 5.88 Å². The molecule has 1 aliphatic rings. The minimum absolute atomic E-state index is 0.0142. The molecule has 2 N–H and O–H groups in total. The van der Waals surface area contributed by atoms with Gasteiger partial charge in [-0.1, -0.05) is 12.8 Å². The van der Waals surface area contributed by atoms with Crippen LogP contribution in [0.5, 0.6) is 0 Å². The van der Waals surface area contributed by atoms with Crippen LogP contribution < -0.4 is 5.32 Å². The Balaban J connectivity index is 1.70. The molecule has 0 bridgehead atoms. The van der Waals surface area contributed by atoms with E-state index in [1.165, 1.54) is 25.3 Å². The van der Waals surface area contributed by atoms with Gasteiger partial charge in [-0.3, -0.25) is 0 Å². The highest BCUT2D eigenvalue weighted by atomic mass is 16.4. The summed E-state index contributed by atoms with van der Waals surface area (Å²) in [5.41, 5.74) is 0. The van der Waals surface area contributed by atoms with E-state index in [1.807, 2.05) is 0 Å². The summed E-state index contributed by atoms with van der Waals surface area (Å²) < 4.78 is 5.06. The number of aromatic carboxylic acids is 1. The van der Waals surface area contributed by atoms with Crippen molar-refractivity contribution in [3.8, 4) is 0 Å². The third-order valence-corrected chi connectivity index (χ3v) is 2.60. The van der Waals surface area contributed by atoms with Crippen molar-refractivity contribution in [2.75, 3.05) is 11.9 Å². The van der Waals surface area contributed by atoms with E-state index in [4.69, 9.17) is 9.52 Å². The van der Waals surface area contributed by atoms with Crippen LogP contribution in [-0.4, -0.2) is 17.6 Å². The number of nitrogens with one attached hydrogen (secondary N) is 1. The fraction of sp³-hybridized carbons (Fsp3) is 0.545. The molecule has 1 saturated carbocycles. The first-order valence-electron chi connectivity index (χ1n) is 5.32. The fourth-order valence-corrected chi connectivity index (χ4v) is 1.56. The van der Waals surface area contributed by atoms with Gasteiger partial charge < -0.3 is 14.8 Å². The molecule has 0 spiro atoms. The molecule has 0 saturated heterocycles. The van der Waals surface area contributed by atoms with Crippen LogP contribution >= 0.6 is 0 Å². The normalized spacial score (nSPS) is 15.2. The van der Waals surface area contributed by atoms with Gasteiger partial charge in [0.1, 0.15) is 0 Å². The maximum atomic E-state index is 10.5. The minimum Gasteiger partial charge on any atom is -0.475 e. The molecule has 1 heterocycles. The molecule has 15 heavy (non-hydrogen) atoms. The monoisotopic (exact) mass is 209 g/mol. The van der Waals surface area contributed by atoms with Crippen molar-refractivity contribution < 1.29 is 14.3 Å². The SMILES string of the molecule is O=C(O)c1ccc(NCCCC2CC2)o1. The molecule has 4 nitrogen and oxygen atoms in total. The summed E-state index contributed by atoms with van der Waals surface area (Å²) in [5.74, 6) is 0.446. The third kappa shape index (κ3) is 3.01. The Bertz CT molecular complexity index is 341. The largest absolute Gasteiger partial charge is 0.475 e. The zero-order chi connectivity index (χ0) is 10.7. The maximum Gasteiger partial charge on any atom is 0.371 e. The lowest BCUT2D eigenvalue weighted by Gasteiger charge is -2.01. The summed E-state index contributed by atoms with van der Waals surface area (Å²) >= 11 is 0. The molecular weight excluding hydrogens is 194 g/mol. The van der Waals surface area contributed by atoms with E-state index in [-0.39, 0.29) is 5.76 Å². The smallest absolute Gasteiger partial charge is 0.371 e. The van der Waals surface area contributed by atoms with E-state index in [0.717, 1.165) is 18.9 Å². The van der Waals surface area contributed by atoms with Crippen LogP contribution in [0.25, 0.3) is 0 Å². The first kappa shape index (κ1) is 10.1. The first-order valence-corrected chi connectivity index (χ1v) is 5.32.